The first-order valence-corrected chi connectivity index (χ1v) is 11.2. The molecule has 1 heterocycles. The van der Waals surface area contributed by atoms with Gasteiger partial charge in [-0.25, -0.2) is 0 Å². The zero-order valence-corrected chi connectivity index (χ0v) is 19.2. The fraction of sp³-hybridized carbons (Fsp3) is 0.440. The highest BCUT2D eigenvalue weighted by Gasteiger charge is 2.31. The van der Waals surface area contributed by atoms with Crippen molar-refractivity contribution < 1.29 is 14.3 Å². The van der Waals surface area contributed by atoms with E-state index < -0.39 is 6.04 Å². The molecule has 0 spiro atoms. The normalized spacial score (nSPS) is 15.6. The van der Waals surface area contributed by atoms with E-state index in [9.17, 15) is 9.59 Å². The molecule has 6 heteroatoms. The minimum Gasteiger partial charge on any atom is -0.497 e. The maximum Gasteiger partial charge on any atom is 0.253 e. The molecular formula is C25H31ClN2O3. The van der Waals surface area contributed by atoms with Gasteiger partial charge >= 0.3 is 0 Å². The predicted molar refractivity (Wildman–Crippen MR) is 124 cm³/mol. The molecule has 0 saturated carbocycles. The minimum absolute atomic E-state index is 0.0155. The first-order valence-electron chi connectivity index (χ1n) is 10.9. The van der Waals surface area contributed by atoms with Gasteiger partial charge in [0, 0.05) is 13.1 Å². The minimum atomic E-state index is -0.568. The first kappa shape index (κ1) is 23.1. The molecule has 31 heavy (non-hydrogen) atoms. The second-order valence-electron chi connectivity index (χ2n) is 8.50. The van der Waals surface area contributed by atoms with Gasteiger partial charge in [-0.2, -0.15) is 0 Å². The summed E-state index contributed by atoms with van der Waals surface area (Å²) in [4.78, 5) is 27.8. The molecular weight excluding hydrogens is 412 g/mol. The van der Waals surface area contributed by atoms with Crippen molar-refractivity contribution in [3.05, 3.63) is 64.7 Å². The quantitative estimate of drug-likeness (QED) is 0.682. The smallest absolute Gasteiger partial charge is 0.253 e. The first-order chi connectivity index (χ1) is 14.9. The average Bonchev–Trinajstić information content (AvgIpc) is 2.78. The molecule has 0 bridgehead atoms. The maximum absolute atomic E-state index is 13.2. The third-order valence-corrected chi connectivity index (χ3v) is 6.28. The third-order valence-electron chi connectivity index (χ3n) is 5.95. The SMILES string of the molecule is COc1ccc(CC2CCN(C(=O)C(NC(=O)c3ccccc3Cl)C(C)C)CC2)cc1. The molecule has 0 radical (unpaired) electrons. The largest absolute Gasteiger partial charge is 0.497 e. The van der Waals surface area contributed by atoms with Gasteiger partial charge < -0.3 is 15.0 Å². The lowest BCUT2D eigenvalue weighted by atomic mass is 9.89. The molecule has 0 aliphatic carbocycles. The zero-order valence-electron chi connectivity index (χ0n) is 18.4. The number of hydrogen-bond donors (Lipinski definition) is 1. The molecule has 166 valence electrons. The average molecular weight is 443 g/mol. The van der Waals surface area contributed by atoms with Crippen LogP contribution in [-0.2, 0) is 11.2 Å². The van der Waals surface area contributed by atoms with Crippen molar-refractivity contribution in [1.29, 1.82) is 0 Å². The summed E-state index contributed by atoms with van der Waals surface area (Å²) in [5.41, 5.74) is 1.68. The molecule has 2 aromatic carbocycles. The number of hydrogen-bond acceptors (Lipinski definition) is 3. The van der Waals surface area contributed by atoms with Crippen molar-refractivity contribution in [3.8, 4) is 5.75 Å². The van der Waals surface area contributed by atoms with Crippen LogP contribution in [-0.4, -0.2) is 43.0 Å². The number of methoxy groups -OCH3 is 1. The van der Waals surface area contributed by atoms with Crippen LogP contribution in [0.2, 0.25) is 5.02 Å². The Hall–Kier alpha value is -2.53. The van der Waals surface area contributed by atoms with Gasteiger partial charge in [-0.3, -0.25) is 9.59 Å². The van der Waals surface area contributed by atoms with E-state index in [1.165, 1.54) is 5.56 Å². The van der Waals surface area contributed by atoms with E-state index in [-0.39, 0.29) is 17.7 Å². The molecule has 5 nitrogen and oxygen atoms in total. The molecule has 1 saturated heterocycles. The van der Waals surface area contributed by atoms with Gasteiger partial charge in [-0.05, 0) is 60.9 Å². The predicted octanol–water partition coefficient (Wildman–Crippen LogP) is 4.58. The number of halogens is 1. The van der Waals surface area contributed by atoms with Crippen molar-refractivity contribution >= 4 is 23.4 Å². The zero-order chi connectivity index (χ0) is 22.4. The highest BCUT2D eigenvalue weighted by atomic mass is 35.5. The number of benzene rings is 2. The van der Waals surface area contributed by atoms with E-state index in [4.69, 9.17) is 16.3 Å². The monoisotopic (exact) mass is 442 g/mol. The van der Waals surface area contributed by atoms with Crippen molar-refractivity contribution in [1.82, 2.24) is 10.2 Å². The Morgan fingerprint density at radius 2 is 1.74 bits per heavy atom. The van der Waals surface area contributed by atoms with Crippen LogP contribution in [0.5, 0.6) is 5.75 Å². The summed E-state index contributed by atoms with van der Waals surface area (Å²) in [6, 6.07) is 14.5. The van der Waals surface area contributed by atoms with Crippen LogP contribution in [0.3, 0.4) is 0 Å². The van der Waals surface area contributed by atoms with E-state index >= 15 is 0 Å². The van der Waals surface area contributed by atoms with Gasteiger partial charge in [0.05, 0.1) is 17.7 Å². The lowest BCUT2D eigenvalue weighted by molar-refractivity contribution is -0.135. The second-order valence-corrected chi connectivity index (χ2v) is 8.90. The van der Waals surface area contributed by atoms with Gasteiger partial charge in [-0.1, -0.05) is 49.7 Å². The third kappa shape index (κ3) is 6.01. The van der Waals surface area contributed by atoms with Crippen LogP contribution in [0.4, 0.5) is 0 Å². The fourth-order valence-electron chi connectivity index (χ4n) is 4.03. The number of ether oxygens (including phenoxy) is 1. The molecule has 0 aromatic heterocycles. The van der Waals surface area contributed by atoms with Gasteiger partial charge in [0.15, 0.2) is 0 Å². The molecule has 1 fully saturated rings. The number of piperidine rings is 1. The van der Waals surface area contributed by atoms with Crippen LogP contribution in [0.15, 0.2) is 48.5 Å². The Kier molecular flexibility index (Phi) is 7.97. The lowest BCUT2D eigenvalue weighted by Gasteiger charge is -2.35. The van der Waals surface area contributed by atoms with Gasteiger partial charge in [0.1, 0.15) is 11.8 Å². The molecule has 1 unspecified atom stereocenters. The summed E-state index contributed by atoms with van der Waals surface area (Å²) in [6.45, 7) is 5.33. The van der Waals surface area contributed by atoms with Crippen molar-refractivity contribution in [2.45, 2.75) is 39.2 Å². The lowest BCUT2D eigenvalue weighted by Crippen LogP contribution is -2.53. The molecule has 1 aliphatic rings. The van der Waals surface area contributed by atoms with E-state index in [2.05, 4.69) is 17.4 Å². The second kappa shape index (κ2) is 10.7. The van der Waals surface area contributed by atoms with Gasteiger partial charge in [0.25, 0.3) is 5.91 Å². The number of likely N-dealkylation sites (tertiary alicyclic amines) is 1. The molecule has 2 aromatic rings. The molecule has 1 atom stereocenters. The van der Waals surface area contributed by atoms with Crippen LogP contribution in [0, 0.1) is 11.8 Å². The topological polar surface area (TPSA) is 58.6 Å². The molecule has 1 aliphatic heterocycles. The van der Waals surface area contributed by atoms with Crippen LogP contribution in [0.1, 0.15) is 42.6 Å². The maximum atomic E-state index is 13.2. The Morgan fingerprint density at radius 3 is 2.32 bits per heavy atom. The van der Waals surface area contributed by atoms with Crippen LogP contribution >= 0.6 is 11.6 Å². The summed E-state index contributed by atoms with van der Waals surface area (Å²) in [5, 5.41) is 3.29. The van der Waals surface area contributed by atoms with Crippen molar-refractivity contribution in [3.63, 3.8) is 0 Å². The molecule has 2 amide bonds. The molecule has 3 rings (SSSR count). The standard InChI is InChI=1S/C25H31ClN2O3/c1-17(2)23(27-24(29)21-6-4-5-7-22(21)26)25(30)28-14-12-19(13-15-28)16-18-8-10-20(31-3)11-9-18/h4-11,17,19,23H,12-16H2,1-3H3,(H,27,29). The van der Waals surface area contributed by atoms with Gasteiger partial charge in [0.2, 0.25) is 5.91 Å². The number of nitrogens with one attached hydrogen (secondary N) is 1. The van der Waals surface area contributed by atoms with E-state index in [1.54, 1.807) is 31.4 Å². The Morgan fingerprint density at radius 1 is 1.10 bits per heavy atom. The number of rotatable bonds is 7. The van der Waals surface area contributed by atoms with Crippen molar-refractivity contribution in [2.24, 2.45) is 11.8 Å². The number of amides is 2. The fourth-order valence-corrected chi connectivity index (χ4v) is 4.25. The Balaban J connectivity index is 1.56. The number of carbonyl (C=O) groups excluding carboxylic acids is 2. The summed E-state index contributed by atoms with van der Waals surface area (Å²) >= 11 is 6.15. The van der Waals surface area contributed by atoms with Gasteiger partial charge in [-0.15, -0.1) is 0 Å². The van der Waals surface area contributed by atoms with E-state index in [0.29, 0.717) is 29.6 Å². The number of carbonyl (C=O) groups is 2. The Labute approximate surface area is 189 Å². The van der Waals surface area contributed by atoms with E-state index in [0.717, 1.165) is 25.0 Å². The Bertz CT molecular complexity index is 890. The summed E-state index contributed by atoms with van der Waals surface area (Å²) in [6.07, 6.45) is 2.92. The van der Waals surface area contributed by atoms with Crippen molar-refractivity contribution in [2.75, 3.05) is 20.2 Å². The highest BCUT2D eigenvalue weighted by molar-refractivity contribution is 6.33. The highest BCUT2D eigenvalue weighted by Crippen LogP contribution is 2.24. The number of nitrogens with zero attached hydrogens (tertiary/aromatic N) is 1. The van der Waals surface area contributed by atoms with E-state index in [1.807, 2.05) is 30.9 Å². The summed E-state index contributed by atoms with van der Waals surface area (Å²) in [5.74, 6) is 1.07. The molecule has 1 N–H and O–H groups in total. The summed E-state index contributed by atoms with van der Waals surface area (Å²) < 4.78 is 5.22. The van der Waals surface area contributed by atoms with Crippen LogP contribution in [0.25, 0.3) is 0 Å². The summed E-state index contributed by atoms with van der Waals surface area (Å²) in [7, 11) is 1.67. The van der Waals surface area contributed by atoms with Crippen LogP contribution < -0.4 is 10.1 Å².